The number of nitrogens with one attached hydrogen (secondary N) is 3. The zero-order chi connectivity index (χ0) is 29.0. The first-order chi connectivity index (χ1) is 19.1. The topological polar surface area (TPSA) is 99.8 Å². The fraction of sp³-hybridized carbons (Fsp3) is 0.531. The average molecular weight is 549 g/mol. The summed E-state index contributed by atoms with van der Waals surface area (Å²) in [5.74, 6) is -0.549. The van der Waals surface area contributed by atoms with Crippen LogP contribution in [0.3, 0.4) is 0 Å². The Bertz CT molecular complexity index is 1120. The summed E-state index contributed by atoms with van der Waals surface area (Å²) < 4.78 is 6.26. The van der Waals surface area contributed by atoms with Gasteiger partial charge in [-0.05, 0) is 36.9 Å². The Morgan fingerprint density at radius 2 is 1.48 bits per heavy atom. The average Bonchev–Trinajstić information content (AvgIpc) is 3.24. The molecular weight excluding hydrogens is 504 g/mol. The Morgan fingerprint density at radius 1 is 0.925 bits per heavy atom. The molecule has 2 aromatic rings. The second kappa shape index (κ2) is 12.5. The summed E-state index contributed by atoms with van der Waals surface area (Å²) in [4.78, 5) is 43.1. The lowest BCUT2D eigenvalue weighted by Crippen LogP contribution is -2.60. The summed E-state index contributed by atoms with van der Waals surface area (Å²) in [5.41, 5.74) is 1.40. The SMILES string of the molecule is CN[C@@H](C)C(=O)N[C@H]1CCOC2CC(C(C)C)(C(C)C)[C@@H](C(=O)NC(c3ccccc3)c3ccccc3)N2C1=O. The van der Waals surface area contributed by atoms with Gasteiger partial charge in [-0.3, -0.25) is 14.4 Å². The van der Waals surface area contributed by atoms with E-state index in [0.717, 1.165) is 11.1 Å². The van der Waals surface area contributed by atoms with Crippen molar-refractivity contribution in [2.45, 2.75) is 77.9 Å². The maximum atomic E-state index is 14.6. The predicted molar refractivity (Wildman–Crippen MR) is 155 cm³/mol. The third-order valence-corrected chi connectivity index (χ3v) is 8.99. The Labute approximate surface area is 238 Å². The normalized spacial score (nSPS) is 23.2. The molecule has 8 nitrogen and oxygen atoms in total. The van der Waals surface area contributed by atoms with Crippen molar-refractivity contribution in [2.75, 3.05) is 13.7 Å². The molecule has 2 aliphatic rings. The summed E-state index contributed by atoms with van der Waals surface area (Å²) in [6.07, 6.45) is 0.375. The lowest BCUT2D eigenvalue weighted by atomic mass is 9.63. The van der Waals surface area contributed by atoms with E-state index >= 15 is 0 Å². The molecule has 2 aliphatic heterocycles. The van der Waals surface area contributed by atoms with Crippen LogP contribution in [0, 0.1) is 17.3 Å². The number of likely N-dealkylation sites (N-methyl/N-ethyl adjacent to an activating group) is 1. The molecule has 8 heteroatoms. The quantitative estimate of drug-likeness (QED) is 0.445. The van der Waals surface area contributed by atoms with Gasteiger partial charge in [-0.25, -0.2) is 0 Å². The van der Waals surface area contributed by atoms with Gasteiger partial charge in [-0.2, -0.15) is 0 Å². The van der Waals surface area contributed by atoms with Crippen molar-refractivity contribution >= 4 is 17.7 Å². The summed E-state index contributed by atoms with van der Waals surface area (Å²) in [6.45, 7) is 10.6. The van der Waals surface area contributed by atoms with Crippen LogP contribution in [0.5, 0.6) is 0 Å². The second-order valence-electron chi connectivity index (χ2n) is 11.7. The number of fused-ring (bicyclic) bond motifs is 1. The Balaban J connectivity index is 1.75. The Hall–Kier alpha value is -3.23. The number of carbonyl (C=O) groups excluding carboxylic acids is 3. The van der Waals surface area contributed by atoms with Gasteiger partial charge in [0.25, 0.3) is 0 Å². The molecule has 40 heavy (non-hydrogen) atoms. The van der Waals surface area contributed by atoms with E-state index in [1.165, 1.54) is 0 Å². The van der Waals surface area contributed by atoms with Gasteiger partial charge in [0.05, 0.1) is 18.7 Å². The molecule has 1 unspecified atom stereocenters. The van der Waals surface area contributed by atoms with E-state index < -0.39 is 29.8 Å². The summed E-state index contributed by atoms with van der Waals surface area (Å²) in [5, 5.41) is 9.15. The first-order valence-electron chi connectivity index (χ1n) is 14.4. The first-order valence-corrected chi connectivity index (χ1v) is 14.4. The lowest BCUT2D eigenvalue weighted by Gasteiger charge is -2.44. The van der Waals surface area contributed by atoms with Crippen molar-refractivity contribution in [1.29, 1.82) is 0 Å². The Morgan fingerprint density at radius 3 is 1.98 bits per heavy atom. The highest BCUT2D eigenvalue weighted by atomic mass is 16.5. The third kappa shape index (κ3) is 5.65. The molecule has 0 spiro atoms. The molecule has 4 atom stereocenters. The molecule has 3 N–H and O–H groups in total. The number of hydrogen-bond donors (Lipinski definition) is 3. The highest BCUT2D eigenvalue weighted by molar-refractivity contribution is 5.94. The van der Waals surface area contributed by atoms with Crippen LogP contribution in [0.2, 0.25) is 0 Å². The van der Waals surface area contributed by atoms with Crippen LogP contribution < -0.4 is 16.0 Å². The molecule has 2 aromatic carbocycles. The molecule has 2 heterocycles. The zero-order valence-electron chi connectivity index (χ0n) is 24.5. The zero-order valence-corrected chi connectivity index (χ0v) is 24.5. The van der Waals surface area contributed by atoms with Crippen molar-refractivity contribution in [3.63, 3.8) is 0 Å². The van der Waals surface area contributed by atoms with Crippen molar-refractivity contribution in [3.05, 3.63) is 71.8 Å². The van der Waals surface area contributed by atoms with E-state index in [0.29, 0.717) is 19.4 Å². The molecule has 4 rings (SSSR count). The van der Waals surface area contributed by atoms with Crippen molar-refractivity contribution < 1.29 is 19.1 Å². The monoisotopic (exact) mass is 548 g/mol. The standard InChI is InChI=1S/C32H44N4O4/c1-20(2)32(21(3)4)19-26-36(31(39)25(17-18-40-26)34-29(37)22(5)33-6)28(32)30(38)35-27(23-13-9-7-10-14-23)24-15-11-8-12-16-24/h7-16,20-22,25-28,33H,17-19H2,1-6H3,(H,34,37)(H,35,38)/t22-,25-,26?,28+/m0/s1. The number of rotatable bonds is 9. The second-order valence-corrected chi connectivity index (χ2v) is 11.7. The number of carbonyl (C=O) groups is 3. The van der Waals surface area contributed by atoms with E-state index in [1.807, 2.05) is 60.7 Å². The van der Waals surface area contributed by atoms with Crippen LogP contribution in [-0.4, -0.2) is 60.6 Å². The van der Waals surface area contributed by atoms with Crippen LogP contribution in [0.25, 0.3) is 0 Å². The predicted octanol–water partition coefficient (Wildman–Crippen LogP) is 3.63. The molecule has 3 amide bonds. The maximum Gasteiger partial charge on any atom is 0.247 e. The highest BCUT2D eigenvalue weighted by Gasteiger charge is 2.61. The van der Waals surface area contributed by atoms with E-state index in [1.54, 1.807) is 18.9 Å². The van der Waals surface area contributed by atoms with Crippen LogP contribution in [0.1, 0.15) is 64.6 Å². The van der Waals surface area contributed by atoms with Crippen LogP contribution >= 0.6 is 0 Å². The van der Waals surface area contributed by atoms with Gasteiger partial charge in [0.2, 0.25) is 17.7 Å². The number of nitrogens with zero attached hydrogens (tertiary/aromatic N) is 1. The minimum atomic E-state index is -0.766. The van der Waals surface area contributed by atoms with E-state index in [2.05, 4.69) is 43.6 Å². The van der Waals surface area contributed by atoms with Crippen molar-refractivity contribution in [3.8, 4) is 0 Å². The molecule has 0 bridgehead atoms. The number of benzene rings is 2. The van der Waals surface area contributed by atoms with Gasteiger partial charge in [0.15, 0.2) is 0 Å². The molecule has 0 aromatic heterocycles. The molecule has 0 radical (unpaired) electrons. The van der Waals surface area contributed by atoms with Crippen LogP contribution in [-0.2, 0) is 19.1 Å². The molecule has 2 saturated heterocycles. The van der Waals surface area contributed by atoms with Gasteiger partial charge < -0.3 is 25.6 Å². The molecule has 0 saturated carbocycles. The summed E-state index contributed by atoms with van der Waals surface area (Å²) >= 11 is 0. The summed E-state index contributed by atoms with van der Waals surface area (Å²) in [6, 6.07) is 17.4. The van der Waals surface area contributed by atoms with E-state index in [-0.39, 0.29) is 35.6 Å². The fourth-order valence-electron chi connectivity index (χ4n) is 6.54. The lowest BCUT2D eigenvalue weighted by molar-refractivity contribution is -0.151. The number of hydrogen-bond acceptors (Lipinski definition) is 5. The van der Waals surface area contributed by atoms with Crippen molar-refractivity contribution in [2.24, 2.45) is 17.3 Å². The van der Waals surface area contributed by atoms with Gasteiger partial charge in [0.1, 0.15) is 18.3 Å². The Kier molecular flexibility index (Phi) is 9.31. The molecular formula is C32H44N4O4. The first kappa shape index (κ1) is 29.7. The molecule has 2 fully saturated rings. The fourth-order valence-corrected chi connectivity index (χ4v) is 6.54. The third-order valence-electron chi connectivity index (χ3n) is 8.99. The largest absolute Gasteiger partial charge is 0.358 e. The number of ether oxygens (including phenoxy) is 1. The molecule has 0 aliphatic carbocycles. The van der Waals surface area contributed by atoms with Gasteiger partial charge in [0, 0.05) is 18.3 Å². The minimum absolute atomic E-state index is 0.0934. The summed E-state index contributed by atoms with van der Waals surface area (Å²) in [7, 11) is 1.70. The minimum Gasteiger partial charge on any atom is -0.358 e. The van der Waals surface area contributed by atoms with E-state index in [9.17, 15) is 14.4 Å². The smallest absolute Gasteiger partial charge is 0.247 e. The van der Waals surface area contributed by atoms with Gasteiger partial charge in [-0.15, -0.1) is 0 Å². The molecule has 216 valence electrons. The van der Waals surface area contributed by atoms with Crippen molar-refractivity contribution in [1.82, 2.24) is 20.9 Å². The van der Waals surface area contributed by atoms with Crippen LogP contribution in [0.15, 0.2) is 60.7 Å². The van der Waals surface area contributed by atoms with Crippen LogP contribution in [0.4, 0.5) is 0 Å². The van der Waals surface area contributed by atoms with Gasteiger partial charge >= 0.3 is 0 Å². The van der Waals surface area contributed by atoms with Gasteiger partial charge in [-0.1, -0.05) is 88.4 Å². The highest BCUT2D eigenvalue weighted by Crippen LogP contribution is 2.52. The number of amides is 3. The van der Waals surface area contributed by atoms with E-state index in [4.69, 9.17) is 4.74 Å². The maximum absolute atomic E-state index is 14.6.